The van der Waals surface area contributed by atoms with Gasteiger partial charge in [0.15, 0.2) is 5.75 Å². The van der Waals surface area contributed by atoms with Gasteiger partial charge in [-0.1, -0.05) is 15.9 Å². The molecule has 0 amide bonds. The van der Waals surface area contributed by atoms with Gasteiger partial charge in [-0.2, -0.15) is 4.72 Å². The lowest BCUT2D eigenvalue weighted by atomic mass is 10.3. The van der Waals surface area contributed by atoms with E-state index in [0.29, 0.717) is 0 Å². The zero-order chi connectivity index (χ0) is 17.8. The lowest BCUT2D eigenvalue weighted by Gasteiger charge is -2.17. The SMILES string of the molecule is COC(=O)C(CO)NS(=O)(=O)c1ccc(Br)cc1OC(F)(F)F. The molecule has 7 nitrogen and oxygen atoms in total. The van der Waals surface area contributed by atoms with E-state index in [2.05, 4.69) is 25.4 Å². The number of sulfonamides is 1. The minimum Gasteiger partial charge on any atom is -0.468 e. The molecule has 12 heteroatoms. The number of aliphatic hydroxyl groups is 1. The average Bonchev–Trinajstić information content (AvgIpc) is 2.41. The Bertz CT molecular complexity index is 679. The van der Waals surface area contributed by atoms with E-state index in [9.17, 15) is 26.4 Å². The van der Waals surface area contributed by atoms with Gasteiger partial charge < -0.3 is 14.6 Å². The smallest absolute Gasteiger partial charge is 0.468 e. The zero-order valence-electron chi connectivity index (χ0n) is 11.4. The Hall–Kier alpha value is -1.37. The molecule has 1 unspecified atom stereocenters. The molecule has 1 aromatic rings. The molecule has 0 fully saturated rings. The van der Waals surface area contributed by atoms with Crippen LogP contribution in [-0.4, -0.2) is 45.6 Å². The molecule has 1 atom stereocenters. The van der Waals surface area contributed by atoms with Crippen LogP contribution >= 0.6 is 15.9 Å². The standard InChI is InChI=1S/C11H11BrF3NO6S/c1-21-10(18)7(5-17)16-23(19,20)9-3-2-6(12)4-8(9)22-11(13,14)15/h2-4,7,16-17H,5H2,1H3. The van der Waals surface area contributed by atoms with Crippen LogP contribution in [0.1, 0.15) is 0 Å². The summed E-state index contributed by atoms with van der Waals surface area (Å²) in [5, 5.41) is 8.99. The van der Waals surface area contributed by atoms with E-state index in [1.165, 1.54) is 6.07 Å². The maximum absolute atomic E-state index is 12.4. The normalized spacial score (nSPS) is 13.5. The second-order valence-electron chi connectivity index (χ2n) is 4.02. The summed E-state index contributed by atoms with van der Waals surface area (Å²) < 4.78 is 71.3. The maximum Gasteiger partial charge on any atom is 0.573 e. The van der Waals surface area contributed by atoms with Crippen LogP contribution in [0.15, 0.2) is 27.6 Å². The number of ether oxygens (including phenoxy) is 2. The second kappa shape index (κ2) is 7.47. The fourth-order valence-corrected chi connectivity index (χ4v) is 3.09. The summed E-state index contributed by atoms with van der Waals surface area (Å²) in [5.41, 5.74) is 0. The fourth-order valence-electron chi connectivity index (χ4n) is 1.46. The van der Waals surface area contributed by atoms with Gasteiger partial charge in [-0.3, -0.25) is 4.79 Å². The van der Waals surface area contributed by atoms with Crippen LogP contribution < -0.4 is 9.46 Å². The number of benzene rings is 1. The zero-order valence-corrected chi connectivity index (χ0v) is 13.8. The predicted octanol–water partition coefficient (Wildman–Crippen LogP) is 1.16. The van der Waals surface area contributed by atoms with Crippen LogP contribution in [0.2, 0.25) is 0 Å². The highest BCUT2D eigenvalue weighted by molar-refractivity contribution is 9.10. The van der Waals surface area contributed by atoms with Crippen molar-refractivity contribution >= 4 is 31.9 Å². The minimum atomic E-state index is -5.12. The van der Waals surface area contributed by atoms with Crippen molar-refractivity contribution in [3.05, 3.63) is 22.7 Å². The van der Waals surface area contributed by atoms with Gasteiger partial charge in [0, 0.05) is 4.47 Å². The van der Waals surface area contributed by atoms with E-state index in [0.717, 1.165) is 19.2 Å². The summed E-state index contributed by atoms with van der Waals surface area (Å²) in [5.74, 6) is -2.10. The van der Waals surface area contributed by atoms with E-state index in [-0.39, 0.29) is 4.47 Å². The van der Waals surface area contributed by atoms with Gasteiger partial charge in [0.2, 0.25) is 10.0 Å². The van der Waals surface area contributed by atoms with Gasteiger partial charge in [0.05, 0.1) is 13.7 Å². The quantitative estimate of drug-likeness (QED) is 0.668. The third-order valence-electron chi connectivity index (χ3n) is 2.39. The van der Waals surface area contributed by atoms with Crippen LogP contribution in [0.5, 0.6) is 5.75 Å². The average molecular weight is 422 g/mol. The molecule has 130 valence electrons. The molecular formula is C11H11BrF3NO6S. The monoisotopic (exact) mass is 421 g/mol. The van der Waals surface area contributed by atoms with E-state index in [1.807, 2.05) is 0 Å². The number of halogens is 4. The number of hydrogen-bond acceptors (Lipinski definition) is 6. The molecule has 0 aliphatic heterocycles. The predicted molar refractivity (Wildman–Crippen MR) is 74.0 cm³/mol. The van der Waals surface area contributed by atoms with Crippen molar-refractivity contribution in [3.8, 4) is 5.75 Å². The number of hydrogen-bond donors (Lipinski definition) is 2. The third kappa shape index (κ3) is 5.64. The van der Waals surface area contributed by atoms with Crippen LogP contribution in [0, 0.1) is 0 Å². The number of rotatable bonds is 6. The van der Waals surface area contributed by atoms with Crippen LogP contribution in [-0.2, 0) is 19.6 Å². The van der Waals surface area contributed by atoms with Crippen LogP contribution in [0.25, 0.3) is 0 Å². The Balaban J connectivity index is 3.25. The molecule has 0 aromatic heterocycles. The third-order valence-corrected chi connectivity index (χ3v) is 4.39. The highest BCUT2D eigenvalue weighted by atomic mass is 79.9. The maximum atomic E-state index is 12.4. The Morgan fingerprint density at radius 2 is 2.04 bits per heavy atom. The van der Waals surface area contributed by atoms with E-state index in [4.69, 9.17) is 5.11 Å². The van der Waals surface area contributed by atoms with Gasteiger partial charge in [0.1, 0.15) is 10.9 Å². The number of methoxy groups -OCH3 is 1. The molecule has 0 bridgehead atoms. The molecule has 0 radical (unpaired) electrons. The molecule has 23 heavy (non-hydrogen) atoms. The highest BCUT2D eigenvalue weighted by Crippen LogP contribution is 2.32. The first-order valence-electron chi connectivity index (χ1n) is 5.76. The largest absolute Gasteiger partial charge is 0.573 e. The summed E-state index contributed by atoms with van der Waals surface area (Å²) in [6.45, 7) is -0.947. The molecular weight excluding hydrogens is 411 g/mol. The van der Waals surface area contributed by atoms with Crippen molar-refractivity contribution in [2.75, 3.05) is 13.7 Å². The molecule has 0 spiro atoms. The molecule has 0 heterocycles. The Kier molecular flexibility index (Phi) is 6.39. The van der Waals surface area contributed by atoms with Crippen molar-refractivity contribution in [1.29, 1.82) is 0 Å². The van der Waals surface area contributed by atoms with Crippen molar-refractivity contribution in [3.63, 3.8) is 0 Å². The minimum absolute atomic E-state index is 0.141. The number of alkyl halides is 3. The van der Waals surface area contributed by atoms with Crippen molar-refractivity contribution in [1.82, 2.24) is 4.72 Å². The summed E-state index contributed by atoms with van der Waals surface area (Å²) >= 11 is 2.89. The Morgan fingerprint density at radius 3 is 2.52 bits per heavy atom. The lowest BCUT2D eigenvalue weighted by Crippen LogP contribution is -2.44. The molecule has 0 saturated heterocycles. The number of aliphatic hydroxyl groups excluding tert-OH is 1. The summed E-state index contributed by atoms with van der Waals surface area (Å²) in [4.78, 5) is 10.4. The Labute approximate surface area is 137 Å². The van der Waals surface area contributed by atoms with Gasteiger partial charge in [-0.15, -0.1) is 13.2 Å². The van der Waals surface area contributed by atoms with Gasteiger partial charge >= 0.3 is 12.3 Å². The number of esters is 1. The lowest BCUT2D eigenvalue weighted by molar-refractivity contribution is -0.275. The molecule has 0 aliphatic carbocycles. The summed E-state index contributed by atoms with van der Waals surface area (Å²) in [7, 11) is -3.65. The van der Waals surface area contributed by atoms with Gasteiger partial charge in [0.25, 0.3) is 0 Å². The van der Waals surface area contributed by atoms with Crippen LogP contribution in [0.4, 0.5) is 13.2 Å². The van der Waals surface area contributed by atoms with E-state index in [1.54, 1.807) is 4.72 Å². The number of nitrogens with one attached hydrogen (secondary N) is 1. The first-order valence-corrected chi connectivity index (χ1v) is 8.04. The molecule has 1 rings (SSSR count). The molecule has 0 saturated carbocycles. The van der Waals surface area contributed by atoms with E-state index >= 15 is 0 Å². The summed E-state index contributed by atoms with van der Waals surface area (Å²) in [6, 6.07) is 1.14. The van der Waals surface area contributed by atoms with Crippen LogP contribution in [0.3, 0.4) is 0 Å². The van der Waals surface area contributed by atoms with Crippen molar-refractivity contribution < 1.29 is 41.0 Å². The molecule has 2 N–H and O–H groups in total. The first-order chi connectivity index (χ1) is 10.5. The van der Waals surface area contributed by atoms with Crippen molar-refractivity contribution in [2.24, 2.45) is 0 Å². The second-order valence-corrected chi connectivity index (χ2v) is 6.62. The van der Waals surface area contributed by atoms with Gasteiger partial charge in [-0.25, -0.2) is 8.42 Å². The summed E-state index contributed by atoms with van der Waals surface area (Å²) in [6.07, 6.45) is -5.12. The topological polar surface area (TPSA) is 102 Å². The fraction of sp³-hybridized carbons (Fsp3) is 0.364. The number of carbonyl (C=O) groups is 1. The first kappa shape index (κ1) is 19.7. The molecule has 1 aromatic carbocycles. The molecule has 0 aliphatic rings. The Morgan fingerprint density at radius 1 is 1.43 bits per heavy atom. The highest BCUT2D eigenvalue weighted by Gasteiger charge is 2.35. The van der Waals surface area contributed by atoms with Gasteiger partial charge in [-0.05, 0) is 18.2 Å². The number of carbonyl (C=O) groups excluding carboxylic acids is 1. The van der Waals surface area contributed by atoms with Crippen molar-refractivity contribution in [2.45, 2.75) is 17.3 Å². The van der Waals surface area contributed by atoms with E-state index < -0.39 is 45.6 Å².